The lowest BCUT2D eigenvalue weighted by atomic mass is 10.1. The number of rotatable bonds is 12. The Labute approximate surface area is 179 Å². The maximum absolute atomic E-state index is 12.0. The molecule has 0 aliphatic carbocycles. The number of carboxylic acids is 2. The molecule has 9 heteroatoms. The number of phenols is 1. The molecule has 0 aliphatic heterocycles. The number of unbranched alkanes of at least 4 members (excludes halogenated alkanes) is 2. The summed E-state index contributed by atoms with van der Waals surface area (Å²) in [5.74, 6) is -2.28. The number of azo groups is 1. The van der Waals surface area contributed by atoms with Gasteiger partial charge in [0.05, 0.1) is 11.3 Å². The second kappa shape index (κ2) is 12.1. The lowest BCUT2D eigenvalue weighted by Gasteiger charge is -2.06. The van der Waals surface area contributed by atoms with Crippen molar-refractivity contribution in [2.45, 2.75) is 38.5 Å². The van der Waals surface area contributed by atoms with Crippen LogP contribution in [0, 0.1) is 0 Å². The molecule has 0 aromatic heterocycles. The average Bonchev–Trinajstić information content (AvgIpc) is 2.73. The summed E-state index contributed by atoms with van der Waals surface area (Å²) in [6, 6.07) is 10.9. The van der Waals surface area contributed by atoms with E-state index in [9.17, 15) is 24.6 Å². The maximum Gasteiger partial charge on any atom is 0.338 e. The number of aryl methyl sites for hydroxylation is 1. The third-order valence-corrected chi connectivity index (χ3v) is 4.42. The number of aromatic carboxylic acids is 1. The van der Waals surface area contributed by atoms with E-state index in [0.29, 0.717) is 31.5 Å². The number of carbonyl (C=O) groups excluding carboxylic acids is 1. The Hall–Kier alpha value is -3.75. The van der Waals surface area contributed by atoms with E-state index in [4.69, 9.17) is 5.11 Å². The smallest absolute Gasteiger partial charge is 0.338 e. The topological polar surface area (TPSA) is 149 Å². The quantitative estimate of drug-likeness (QED) is 0.295. The van der Waals surface area contributed by atoms with Crippen LogP contribution in [0.5, 0.6) is 5.75 Å². The fourth-order valence-corrected chi connectivity index (χ4v) is 2.82. The largest absolute Gasteiger partial charge is 0.508 e. The van der Waals surface area contributed by atoms with Gasteiger partial charge in [-0.05, 0) is 55.2 Å². The maximum atomic E-state index is 12.0. The summed E-state index contributed by atoms with van der Waals surface area (Å²) >= 11 is 0. The predicted molar refractivity (Wildman–Crippen MR) is 113 cm³/mol. The number of aromatic hydroxyl groups is 1. The minimum absolute atomic E-state index is 0.0829. The van der Waals surface area contributed by atoms with Crippen molar-refractivity contribution in [3.8, 4) is 5.75 Å². The molecule has 9 nitrogen and oxygen atoms in total. The molecule has 2 aromatic rings. The van der Waals surface area contributed by atoms with Crippen LogP contribution in [0.1, 0.15) is 48.0 Å². The van der Waals surface area contributed by atoms with Gasteiger partial charge in [-0.2, -0.15) is 5.11 Å². The fourth-order valence-electron chi connectivity index (χ4n) is 2.82. The van der Waals surface area contributed by atoms with E-state index in [2.05, 4.69) is 15.5 Å². The second-order valence-corrected chi connectivity index (χ2v) is 6.93. The Balaban J connectivity index is 1.84. The van der Waals surface area contributed by atoms with Gasteiger partial charge in [0.25, 0.3) is 0 Å². The number of hydrogen-bond acceptors (Lipinski definition) is 6. The second-order valence-electron chi connectivity index (χ2n) is 6.93. The van der Waals surface area contributed by atoms with E-state index in [1.54, 1.807) is 18.2 Å². The fraction of sp³-hybridized carbons (Fsp3) is 0.318. The molecule has 2 aromatic carbocycles. The van der Waals surface area contributed by atoms with Gasteiger partial charge < -0.3 is 20.6 Å². The molecule has 0 aliphatic rings. The van der Waals surface area contributed by atoms with Crippen LogP contribution in [0.15, 0.2) is 52.7 Å². The lowest BCUT2D eigenvalue weighted by Crippen LogP contribution is -2.24. The van der Waals surface area contributed by atoms with Crippen molar-refractivity contribution < 1.29 is 29.7 Å². The molecular formula is C22H25N3O6. The van der Waals surface area contributed by atoms with Crippen molar-refractivity contribution >= 4 is 29.2 Å². The van der Waals surface area contributed by atoms with E-state index in [0.717, 1.165) is 24.5 Å². The molecule has 4 N–H and O–H groups in total. The van der Waals surface area contributed by atoms with Gasteiger partial charge in [0, 0.05) is 19.4 Å². The Morgan fingerprint density at radius 2 is 1.71 bits per heavy atom. The molecule has 0 fully saturated rings. The highest BCUT2D eigenvalue weighted by Crippen LogP contribution is 2.26. The van der Waals surface area contributed by atoms with Crippen LogP contribution in [-0.4, -0.2) is 39.7 Å². The number of nitrogens with one attached hydrogen (secondary N) is 1. The molecule has 31 heavy (non-hydrogen) atoms. The van der Waals surface area contributed by atoms with Gasteiger partial charge in [-0.15, -0.1) is 5.11 Å². The highest BCUT2D eigenvalue weighted by Gasteiger charge is 2.11. The van der Waals surface area contributed by atoms with Crippen molar-refractivity contribution in [3.63, 3.8) is 0 Å². The van der Waals surface area contributed by atoms with E-state index in [1.165, 1.54) is 12.1 Å². The van der Waals surface area contributed by atoms with Crippen molar-refractivity contribution in [3.05, 3.63) is 53.6 Å². The summed E-state index contributed by atoms with van der Waals surface area (Å²) in [5, 5.41) is 38.1. The van der Waals surface area contributed by atoms with Gasteiger partial charge in [0.15, 0.2) is 0 Å². The molecule has 2 rings (SSSR count). The number of phenolic OH excluding ortho intramolecular Hbond substituents is 1. The minimum atomic E-state index is -1.22. The van der Waals surface area contributed by atoms with Crippen molar-refractivity contribution in [1.82, 2.24) is 5.32 Å². The molecule has 0 bridgehead atoms. The van der Waals surface area contributed by atoms with Crippen LogP contribution in [0.4, 0.5) is 11.4 Å². The number of carboxylic acid groups (broad SMARTS) is 2. The van der Waals surface area contributed by atoms with Crippen LogP contribution >= 0.6 is 0 Å². The third kappa shape index (κ3) is 8.65. The molecule has 164 valence electrons. The first kappa shape index (κ1) is 23.5. The van der Waals surface area contributed by atoms with Crippen LogP contribution in [0.3, 0.4) is 0 Å². The molecule has 1 amide bonds. The zero-order valence-electron chi connectivity index (χ0n) is 17.0. The number of carbonyl (C=O) groups is 3. The molecule has 0 saturated heterocycles. The third-order valence-electron chi connectivity index (χ3n) is 4.42. The highest BCUT2D eigenvalue weighted by molar-refractivity contribution is 5.93. The van der Waals surface area contributed by atoms with E-state index < -0.39 is 11.9 Å². The molecule has 0 spiro atoms. The van der Waals surface area contributed by atoms with E-state index in [-0.39, 0.29) is 29.3 Å². The van der Waals surface area contributed by atoms with E-state index in [1.807, 2.05) is 6.07 Å². The highest BCUT2D eigenvalue weighted by atomic mass is 16.4. The summed E-state index contributed by atoms with van der Waals surface area (Å²) < 4.78 is 0. The number of amides is 1. The van der Waals surface area contributed by atoms with Gasteiger partial charge in [-0.3, -0.25) is 9.59 Å². The Morgan fingerprint density at radius 3 is 2.45 bits per heavy atom. The predicted octanol–water partition coefficient (Wildman–Crippen LogP) is 4.20. The van der Waals surface area contributed by atoms with Gasteiger partial charge >= 0.3 is 11.9 Å². The van der Waals surface area contributed by atoms with Crippen molar-refractivity contribution in [2.75, 3.05) is 6.54 Å². The summed E-state index contributed by atoms with van der Waals surface area (Å²) in [6.07, 6.45) is 3.05. The Bertz CT molecular complexity index is 958. The molecule has 0 atom stereocenters. The number of hydrogen-bond donors (Lipinski definition) is 4. The van der Waals surface area contributed by atoms with Crippen LogP contribution in [-0.2, 0) is 16.0 Å². The van der Waals surface area contributed by atoms with Crippen LogP contribution in [0.2, 0.25) is 0 Å². The summed E-state index contributed by atoms with van der Waals surface area (Å²) in [5.41, 5.74) is 1.37. The summed E-state index contributed by atoms with van der Waals surface area (Å²) in [6.45, 7) is 0.519. The zero-order chi connectivity index (χ0) is 22.6. The normalized spacial score (nSPS) is 10.8. The zero-order valence-corrected chi connectivity index (χ0v) is 17.0. The average molecular weight is 427 g/mol. The first-order valence-electron chi connectivity index (χ1n) is 9.90. The number of benzene rings is 2. The number of nitrogens with zero attached hydrogens (tertiary/aromatic N) is 2. The van der Waals surface area contributed by atoms with Crippen molar-refractivity contribution in [2.24, 2.45) is 10.2 Å². The summed E-state index contributed by atoms with van der Waals surface area (Å²) in [7, 11) is 0. The van der Waals surface area contributed by atoms with Gasteiger partial charge in [0.2, 0.25) is 5.91 Å². The molecule has 0 saturated carbocycles. The molecular weight excluding hydrogens is 402 g/mol. The van der Waals surface area contributed by atoms with Crippen LogP contribution in [0.25, 0.3) is 0 Å². The van der Waals surface area contributed by atoms with Gasteiger partial charge in [0.1, 0.15) is 11.4 Å². The van der Waals surface area contributed by atoms with Crippen molar-refractivity contribution in [1.29, 1.82) is 0 Å². The first-order chi connectivity index (χ1) is 14.8. The Morgan fingerprint density at radius 1 is 0.903 bits per heavy atom. The summed E-state index contributed by atoms with van der Waals surface area (Å²) in [4.78, 5) is 33.7. The lowest BCUT2D eigenvalue weighted by molar-refractivity contribution is -0.137. The first-order valence-corrected chi connectivity index (χ1v) is 9.90. The Kier molecular flexibility index (Phi) is 9.15. The molecule has 0 heterocycles. The van der Waals surface area contributed by atoms with Gasteiger partial charge in [-0.1, -0.05) is 18.6 Å². The van der Waals surface area contributed by atoms with Gasteiger partial charge in [-0.25, -0.2) is 4.79 Å². The standard InChI is InChI=1S/C22H25N3O6/c26-17-9-10-19(18(14-17)22(30)31)25-24-16-6-4-5-15(13-16)8-11-20(27)23-12-3-1-2-7-21(28)29/h4-6,9-10,13-14,26H,1-3,7-8,11-12H2,(H,23,27)(H,28,29)(H,30,31). The molecule has 0 unspecified atom stereocenters. The van der Waals surface area contributed by atoms with Crippen LogP contribution < -0.4 is 5.32 Å². The minimum Gasteiger partial charge on any atom is -0.508 e. The SMILES string of the molecule is O=C(O)CCCCCNC(=O)CCc1cccc(N=Nc2ccc(O)cc2C(=O)O)c1. The molecule has 0 radical (unpaired) electrons. The van der Waals surface area contributed by atoms with E-state index >= 15 is 0 Å². The number of aliphatic carboxylic acids is 1. The monoisotopic (exact) mass is 427 g/mol.